The van der Waals surface area contributed by atoms with E-state index in [-0.39, 0.29) is 0 Å². The van der Waals surface area contributed by atoms with Crippen molar-refractivity contribution in [1.82, 2.24) is 24.1 Å². The molecular weight excluding hydrogens is 827 g/mol. The molecule has 0 saturated carbocycles. The van der Waals surface area contributed by atoms with Gasteiger partial charge in [-0.15, -0.1) is 0 Å². The van der Waals surface area contributed by atoms with E-state index in [0.29, 0.717) is 17.6 Å². The first kappa shape index (κ1) is 39.2. The van der Waals surface area contributed by atoms with Crippen LogP contribution >= 0.6 is 0 Å². The first-order valence-electron chi connectivity index (χ1n) is 23.0. The van der Waals surface area contributed by atoms with E-state index in [2.05, 4.69) is 240 Å². The highest BCUT2D eigenvalue weighted by atomic mass is 15.2. The molecule has 13 rings (SSSR count). The maximum absolute atomic E-state index is 5.39. The van der Waals surface area contributed by atoms with Gasteiger partial charge < -0.3 is 4.57 Å². The van der Waals surface area contributed by atoms with Gasteiger partial charge in [0, 0.05) is 43.8 Å². The summed E-state index contributed by atoms with van der Waals surface area (Å²) in [6.45, 7) is 0. The van der Waals surface area contributed by atoms with Gasteiger partial charge in [-0.1, -0.05) is 212 Å². The van der Waals surface area contributed by atoms with Crippen molar-refractivity contribution in [3.8, 4) is 78.9 Å². The van der Waals surface area contributed by atoms with Crippen LogP contribution in [0.25, 0.3) is 123 Å². The molecule has 0 radical (unpaired) electrons. The lowest BCUT2D eigenvalue weighted by molar-refractivity contribution is 0.954. The minimum Gasteiger partial charge on any atom is -0.309 e. The van der Waals surface area contributed by atoms with Gasteiger partial charge in [-0.3, -0.25) is 4.57 Å². The second-order valence-corrected chi connectivity index (χ2v) is 17.2. The smallest absolute Gasteiger partial charge is 0.238 e. The molecule has 0 aliphatic heterocycles. The Morgan fingerprint density at radius 2 is 0.691 bits per heavy atom. The van der Waals surface area contributed by atoms with Crippen LogP contribution in [-0.4, -0.2) is 24.1 Å². The third kappa shape index (κ3) is 6.68. The standard InChI is InChI=1S/C63H41N5/c1-4-19-42(20-5-1)45-25-16-27-48(39-45)50-38-37-47(41-59(50)67-56-34-13-10-29-52(56)53-30-11-14-35-57(53)67)46-26-17-28-49(40-46)62-64-61(44-23-8-3-9-24-44)65-63(66-62)68-58-36-15-12-31-54(58)55-33-18-32-51(60(55)68)43-21-6-2-7-22-43/h1-41H. The lowest BCUT2D eigenvalue weighted by Crippen LogP contribution is -2.07. The zero-order valence-electron chi connectivity index (χ0n) is 36.9. The SMILES string of the molecule is c1ccc(-c2cccc(-c3ccc(-c4cccc(-c5nc(-c6ccccc6)nc(-n6c7ccccc7c7cccc(-c8ccccc8)c76)n5)c4)cc3-n3c4ccccc4c4ccccc43)c2)cc1. The van der Waals surface area contributed by atoms with E-state index in [0.717, 1.165) is 83.0 Å². The Bertz CT molecular complexity index is 3970. The summed E-state index contributed by atoms with van der Waals surface area (Å²) in [6.07, 6.45) is 0. The van der Waals surface area contributed by atoms with Crippen LogP contribution in [0.3, 0.4) is 0 Å². The molecule has 10 aromatic carbocycles. The average Bonchev–Trinajstić information content (AvgIpc) is 3.95. The van der Waals surface area contributed by atoms with E-state index in [4.69, 9.17) is 15.0 Å². The molecule has 0 bridgehead atoms. The summed E-state index contributed by atoms with van der Waals surface area (Å²) in [7, 11) is 0. The van der Waals surface area contributed by atoms with Crippen LogP contribution in [0.4, 0.5) is 0 Å². The lowest BCUT2D eigenvalue weighted by Gasteiger charge is -2.17. The fourth-order valence-electron chi connectivity index (χ4n) is 10.0. The molecule has 0 saturated heterocycles. The fourth-order valence-corrected chi connectivity index (χ4v) is 10.0. The fraction of sp³-hybridized carbons (Fsp3) is 0. The Kier molecular flexibility index (Phi) is 9.43. The van der Waals surface area contributed by atoms with Gasteiger partial charge in [-0.25, -0.2) is 4.98 Å². The van der Waals surface area contributed by atoms with E-state index >= 15 is 0 Å². The molecule has 0 aliphatic rings. The van der Waals surface area contributed by atoms with Gasteiger partial charge in [0.2, 0.25) is 5.95 Å². The zero-order valence-corrected chi connectivity index (χ0v) is 36.9. The first-order valence-corrected chi connectivity index (χ1v) is 23.0. The molecule has 13 aromatic rings. The van der Waals surface area contributed by atoms with Crippen molar-refractivity contribution in [2.75, 3.05) is 0 Å². The minimum atomic E-state index is 0.560. The maximum atomic E-state index is 5.39. The summed E-state index contributed by atoms with van der Waals surface area (Å²) in [6, 6.07) is 88.3. The Balaban J connectivity index is 1.01. The van der Waals surface area contributed by atoms with Crippen LogP contribution in [-0.2, 0) is 0 Å². The number of fused-ring (bicyclic) bond motifs is 6. The number of hydrogen-bond acceptors (Lipinski definition) is 3. The van der Waals surface area contributed by atoms with Crippen LogP contribution in [0.2, 0.25) is 0 Å². The van der Waals surface area contributed by atoms with Crippen LogP contribution in [0.5, 0.6) is 0 Å². The van der Waals surface area contributed by atoms with Crippen LogP contribution in [0, 0.1) is 0 Å². The molecule has 0 N–H and O–H groups in total. The molecule has 0 amide bonds. The number of hydrogen-bond donors (Lipinski definition) is 0. The van der Waals surface area contributed by atoms with Gasteiger partial charge in [0.05, 0.1) is 27.8 Å². The molecule has 5 heteroatoms. The van der Waals surface area contributed by atoms with Gasteiger partial charge >= 0.3 is 0 Å². The molecule has 318 valence electrons. The van der Waals surface area contributed by atoms with Crippen LogP contribution < -0.4 is 0 Å². The van der Waals surface area contributed by atoms with Gasteiger partial charge in [0.15, 0.2) is 11.6 Å². The van der Waals surface area contributed by atoms with Crippen molar-refractivity contribution >= 4 is 43.6 Å². The van der Waals surface area contributed by atoms with Crippen molar-refractivity contribution in [3.05, 3.63) is 249 Å². The molecule has 3 heterocycles. The van der Waals surface area contributed by atoms with E-state index < -0.39 is 0 Å². The second kappa shape index (κ2) is 16.4. The highest BCUT2D eigenvalue weighted by Gasteiger charge is 2.22. The Hall–Kier alpha value is -9.19. The molecule has 0 atom stereocenters. The minimum absolute atomic E-state index is 0.560. The van der Waals surface area contributed by atoms with Crippen LogP contribution in [0.15, 0.2) is 249 Å². The van der Waals surface area contributed by atoms with Crippen molar-refractivity contribution in [1.29, 1.82) is 0 Å². The molecule has 0 unspecified atom stereocenters. The predicted molar refractivity (Wildman–Crippen MR) is 281 cm³/mol. The number of benzene rings is 10. The summed E-state index contributed by atoms with van der Waals surface area (Å²) in [5.41, 5.74) is 16.3. The molecule has 5 nitrogen and oxygen atoms in total. The average molecular weight is 868 g/mol. The number of para-hydroxylation sites is 4. The van der Waals surface area contributed by atoms with E-state index in [1.165, 1.54) is 21.9 Å². The summed E-state index contributed by atoms with van der Waals surface area (Å²) < 4.78 is 4.65. The second-order valence-electron chi connectivity index (χ2n) is 17.2. The normalized spacial score (nSPS) is 11.5. The largest absolute Gasteiger partial charge is 0.309 e. The Labute approximate surface area is 393 Å². The highest BCUT2D eigenvalue weighted by molar-refractivity contribution is 6.14. The van der Waals surface area contributed by atoms with Gasteiger partial charge in [-0.2, -0.15) is 9.97 Å². The number of nitrogens with zero attached hydrogens (tertiary/aromatic N) is 5. The highest BCUT2D eigenvalue weighted by Crippen LogP contribution is 2.41. The first-order chi connectivity index (χ1) is 33.7. The summed E-state index contributed by atoms with van der Waals surface area (Å²) in [5, 5.41) is 4.72. The van der Waals surface area contributed by atoms with Gasteiger partial charge in [0.1, 0.15) is 0 Å². The monoisotopic (exact) mass is 867 g/mol. The number of aromatic nitrogens is 5. The van der Waals surface area contributed by atoms with E-state index in [9.17, 15) is 0 Å². The molecular formula is C63H41N5. The molecule has 0 spiro atoms. The maximum Gasteiger partial charge on any atom is 0.238 e. The predicted octanol–water partition coefficient (Wildman–Crippen LogP) is 16.1. The summed E-state index contributed by atoms with van der Waals surface area (Å²) in [4.78, 5) is 15.9. The molecule has 68 heavy (non-hydrogen) atoms. The topological polar surface area (TPSA) is 48.5 Å². The quantitative estimate of drug-likeness (QED) is 0.153. The van der Waals surface area contributed by atoms with Crippen molar-refractivity contribution in [3.63, 3.8) is 0 Å². The third-order valence-electron chi connectivity index (χ3n) is 13.2. The third-order valence-corrected chi connectivity index (χ3v) is 13.2. The molecule has 3 aromatic heterocycles. The van der Waals surface area contributed by atoms with E-state index in [1.807, 2.05) is 18.2 Å². The Morgan fingerprint density at radius 3 is 1.35 bits per heavy atom. The van der Waals surface area contributed by atoms with Crippen molar-refractivity contribution in [2.24, 2.45) is 0 Å². The summed E-state index contributed by atoms with van der Waals surface area (Å²) in [5.74, 6) is 1.76. The number of rotatable bonds is 8. The lowest BCUT2D eigenvalue weighted by atomic mass is 9.94. The van der Waals surface area contributed by atoms with Gasteiger partial charge in [0.25, 0.3) is 0 Å². The van der Waals surface area contributed by atoms with Crippen LogP contribution in [0.1, 0.15) is 0 Å². The Morgan fingerprint density at radius 1 is 0.250 bits per heavy atom. The van der Waals surface area contributed by atoms with Crippen molar-refractivity contribution in [2.45, 2.75) is 0 Å². The molecule has 0 fully saturated rings. The molecule has 0 aliphatic carbocycles. The van der Waals surface area contributed by atoms with Crippen molar-refractivity contribution < 1.29 is 0 Å². The van der Waals surface area contributed by atoms with E-state index in [1.54, 1.807) is 0 Å². The van der Waals surface area contributed by atoms with Gasteiger partial charge in [-0.05, 0) is 69.8 Å². The zero-order chi connectivity index (χ0) is 45.0. The summed E-state index contributed by atoms with van der Waals surface area (Å²) >= 11 is 0.